The molecule has 2 heteroatoms. The second-order valence-electron chi connectivity index (χ2n) is 19.0. The van der Waals surface area contributed by atoms with Gasteiger partial charge < -0.3 is 4.90 Å². The highest BCUT2D eigenvalue weighted by molar-refractivity contribution is 7.26. The molecule has 70 heavy (non-hydrogen) atoms. The SMILES string of the molecule is c1ccc(C2(c3ccccc3)c3ccccc3-c3cc(N(c4cccc(-c5cccc6c5sc5ccccc56)c4)c4cccc5c4-c4ccccc4C54c5ccccc5-c5ccccc54)ccc32)cc1. The van der Waals surface area contributed by atoms with Crippen molar-refractivity contribution in [2.45, 2.75) is 10.8 Å². The smallest absolute Gasteiger partial charge is 0.0726 e. The van der Waals surface area contributed by atoms with Crippen LogP contribution in [-0.4, -0.2) is 0 Å². The summed E-state index contributed by atoms with van der Waals surface area (Å²) in [6.07, 6.45) is 0. The summed E-state index contributed by atoms with van der Waals surface area (Å²) in [6.45, 7) is 0. The first-order valence-corrected chi connectivity index (χ1v) is 25.2. The van der Waals surface area contributed by atoms with Crippen molar-refractivity contribution >= 4 is 48.6 Å². The van der Waals surface area contributed by atoms with Crippen LogP contribution in [-0.2, 0) is 10.8 Å². The number of hydrogen-bond acceptors (Lipinski definition) is 2. The fourth-order valence-corrected chi connectivity index (χ4v) is 14.3. The summed E-state index contributed by atoms with van der Waals surface area (Å²) in [6, 6.07) is 98.0. The number of rotatable bonds is 6. The summed E-state index contributed by atoms with van der Waals surface area (Å²) in [4.78, 5) is 2.56. The van der Waals surface area contributed by atoms with Crippen LogP contribution in [0.5, 0.6) is 0 Å². The lowest BCUT2D eigenvalue weighted by molar-refractivity contribution is 0.768. The van der Waals surface area contributed by atoms with Crippen LogP contribution < -0.4 is 4.90 Å². The molecule has 1 spiro atoms. The molecule has 15 rings (SSSR count). The van der Waals surface area contributed by atoms with Gasteiger partial charge in [0.25, 0.3) is 0 Å². The van der Waals surface area contributed by atoms with E-state index in [4.69, 9.17) is 0 Å². The standard InChI is InChI=1S/C68H43NS/c1-3-21-45(22-4-1)67(46-23-5-2-6-24-46)57-33-12-9-28-52(57)56-43-48(40-41-61(56)67)69(47-25-17-20-44(42-47)49-31-18-32-54-53-29-11-16-39-64(53)70-66(49)54)63-38-19-37-62-65(63)55-30-10-15-36-60(55)68(62)58-34-13-7-26-50(58)51-27-8-14-35-59(51)68/h1-43H. The predicted molar refractivity (Wildman–Crippen MR) is 293 cm³/mol. The fraction of sp³-hybridized carbons (Fsp3) is 0.0294. The first-order valence-electron chi connectivity index (χ1n) is 24.3. The summed E-state index contributed by atoms with van der Waals surface area (Å²) < 4.78 is 2.63. The average Bonchev–Trinajstić information content (AvgIpc) is 4.15. The molecule has 0 radical (unpaired) electrons. The Morgan fingerprint density at radius 3 is 1.49 bits per heavy atom. The Bertz CT molecular complexity index is 4000. The highest BCUT2D eigenvalue weighted by Gasteiger charge is 2.52. The Morgan fingerprint density at radius 2 is 0.786 bits per heavy atom. The van der Waals surface area contributed by atoms with Crippen LogP contribution in [0, 0.1) is 0 Å². The highest BCUT2D eigenvalue weighted by Crippen LogP contribution is 2.65. The van der Waals surface area contributed by atoms with Gasteiger partial charge in [0, 0.05) is 37.1 Å². The van der Waals surface area contributed by atoms with Gasteiger partial charge in [-0.05, 0) is 120 Å². The minimum Gasteiger partial charge on any atom is -0.310 e. The maximum absolute atomic E-state index is 2.56. The Labute approximate surface area is 411 Å². The van der Waals surface area contributed by atoms with E-state index in [2.05, 4.69) is 266 Å². The summed E-state index contributed by atoms with van der Waals surface area (Å²) in [7, 11) is 0. The van der Waals surface area contributed by atoms with Gasteiger partial charge in [-0.15, -0.1) is 11.3 Å². The molecular weight excluding hydrogens is 863 g/mol. The van der Waals surface area contributed by atoms with Crippen LogP contribution >= 0.6 is 11.3 Å². The zero-order valence-electron chi connectivity index (χ0n) is 38.2. The van der Waals surface area contributed by atoms with Crippen molar-refractivity contribution in [3.05, 3.63) is 305 Å². The van der Waals surface area contributed by atoms with Gasteiger partial charge in [-0.2, -0.15) is 0 Å². The number of nitrogens with zero attached hydrogens (tertiary/aromatic N) is 1. The zero-order chi connectivity index (χ0) is 46.0. The third kappa shape index (κ3) is 5.21. The van der Waals surface area contributed by atoms with Crippen LogP contribution in [0.3, 0.4) is 0 Å². The summed E-state index contributed by atoms with van der Waals surface area (Å²) in [5.41, 5.74) is 23.0. The molecule has 0 N–H and O–H groups in total. The monoisotopic (exact) mass is 905 g/mol. The van der Waals surface area contributed by atoms with Crippen molar-refractivity contribution in [2.75, 3.05) is 4.90 Å². The maximum atomic E-state index is 2.56. The minimum atomic E-state index is -0.497. The third-order valence-corrected chi connectivity index (χ3v) is 17.0. The van der Waals surface area contributed by atoms with E-state index in [0.29, 0.717) is 0 Å². The molecule has 0 aliphatic heterocycles. The van der Waals surface area contributed by atoms with Gasteiger partial charge in [0.1, 0.15) is 0 Å². The van der Waals surface area contributed by atoms with Crippen molar-refractivity contribution in [1.82, 2.24) is 0 Å². The van der Waals surface area contributed by atoms with E-state index in [1.54, 1.807) is 0 Å². The van der Waals surface area contributed by atoms with Crippen LogP contribution in [0.1, 0.15) is 44.5 Å². The van der Waals surface area contributed by atoms with E-state index in [1.165, 1.54) is 109 Å². The summed E-state index contributed by atoms with van der Waals surface area (Å²) in [5, 5.41) is 2.61. The number of benzene rings is 11. The van der Waals surface area contributed by atoms with Crippen molar-refractivity contribution in [3.63, 3.8) is 0 Å². The minimum absolute atomic E-state index is 0.471. The van der Waals surface area contributed by atoms with Gasteiger partial charge in [0.2, 0.25) is 0 Å². The van der Waals surface area contributed by atoms with E-state index >= 15 is 0 Å². The molecule has 1 heterocycles. The van der Waals surface area contributed by atoms with Crippen molar-refractivity contribution in [1.29, 1.82) is 0 Å². The second-order valence-corrected chi connectivity index (χ2v) is 20.1. The second kappa shape index (κ2) is 15.0. The zero-order valence-corrected chi connectivity index (χ0v) is 39.0. The molecule has 3 aliphatic carbocycles. The molecule has 1 nitrogen and oxygen atoms in total. The molecule has 1 aromatic heterocycles. The van der Waals surface area contributed by atoms with Crippen LogP contribution in [0.4, 0.5) is 17.1 Å². The van der Waals surface area contributed by atoms with Gasteiger partial charge in [0.05, 0.1) is 16.5 Å². The van der Waals surface area contributed by atoms with Crippen LogP contribution in [0.15, 0.2) is 261 Å². The van der Waals surface area contributed by atoms with Gasteiger partial charge >= 0.3 is 0 Å². The predicted octanol–water partition coefficient (Wildman–Crippen LogP) is 17.9. The Hall–Kier alpha value is -8.56. The van der Waals surface area contributed by atoms with Crippen molar-refractivity contribution < 1.29 is 0 Å². The van der Waals surface area contributed by atoms with Crippen LogP contribution in [0.2, 0.25) is 0 Å². The molecule has 0 unspecified atom stereocenters. The summed E-state index contributed by atoms with van der Waals surface area (Å²) >= 11 is 1.89. The molecular formula is C68H43NS. The molecule has 0 saturated carbocycles. The number of hydrogen-bond donors (Lipinski definition) is 0. The Balaban J connectivity index is 1.02. The third-order valence-electron chi connectivity index (χ3n) is 15.8. The average molecular weight is 906 g/mol. The molecule has 326 valence electrons. The fourth-order valence-electron chi connectivity index (χ4n) is 13.1. The first kappa shape index (κ1) is 39.4. The van der Waals surface area contributed by atoms with Gasteiger partial charge in [-0.25, -0.2) is 0 Å². The Kier molecular flexibility index (Phi) is 8.43. The largest absolute Gasteiger partial charge is 0.310 e. The van der Waals surface area contributed by atoms with Crippen molar-refractivity contribution in [3.8, 4) is 44.5 Å². The molecule has 0 amide bonds. The molecule has 12 aromatic rings. The van der Waals surface area contributed by atoms with E-state index in [-0.39, 0.29) is 0 Å². The van der Waals surface area contributed by atoms with Crippen molar-refractivity contribution in [2.24, 2.45) is 0 Å². The lowest BCUT2D eigenvalue weighted by Gasteiger charge is -2.34. The van der Waals surface area contributed by atoms with Gasteiger partial charge in [-0.3, -0.25) is 0 Å². The molecule has 11 aromatic carbocycles. The van der Waals surface area contributed by atoms with E-state index in [0.717, 1.165) is 17.1 Å². The topological polar surface area (TPSA) is 3.24 Å². The Morgan fingerprint density at radius 1 is 0.300 bits per heavy atom. The van der Waals surface area contributed by atoms with Crippen LogP contribution in [0.25, 0.3) is 64.7 Å². The molecule has 3 aliphatic rings. The summed E-state index contributed by atoms with van der Waals surface area (Å²) in [5.74, 6) is 0. The normalized spacial score (nSPS) is 13.9. The molecule has 0 fully saturated rings. The maximum Gasteiger partial charge on any atom is 0.0726 e. The lowest BCUT2D eigenvalue weighted by Crippen LogP contribution is -2.28. The van der Waals surface area contributed by atoms with E-state index in [1.807, 2.05) is 11.3 Å². The highest BCUT2D eigenvalue weighted by atomic mass is 32.1. The van der Waals surface area contributed by atoms with E-state index < -0.39 is 10.8 Å². The lowest BCUT2D eigenvalue weighted by atomic mass is 9.68. The van der Waals surface area contributed by atoms with Gasteiger partial charge in [-0.1, -0.05) is 224 Å². The number of thiophene rings is 1. The molecule has 0 bridgehead atoms. The molecule has 0 atom stereocenters. The van der Waals surface area contributed by atoms with E-state index in [9.17, 15) is 0 Å². The quantitative estimate of drug-likeness (QED) is 0.161. The molecule has 0 saturated heterocycles. The first-order chi connectivity index (χ1) is 34.7. The van der Waals surface area contributed by atoms with Gasteiger partial charge in [0.15, 0.2) is 0 Å². The number of fused-ring (bicyclic) bond motifs is 16. The number of anilines is 3.